The maximum atomic E-state index is 13.8. The lowest BCUT2D eigenvalue weighted by molar-refractivity contribution is 0.581. The van der Waals surface area contributed by atoms with E-state index in [2.05, 4.69) is 14.8 Å². The van der Waals surface area contributed by atoms with Crippen molar-refractivity contribution in [3.8, 4) is 11.1 Å². The average molecular weight is 414 g/mol. The molecule has 4 aromatic rings. The molecule has 29 heavy (non-hydrogen) atoms. The first kappa shape index (κ1) is 19.0. The monoisotopic (exact) mass is 414 g/mol. The standard InChI is InChI=1S/C20H16F2N4O2S/c1-26-11-16(10-24-26)14-6-13-8-18(3-5-20(13)23-9-14)25-29(27,28)12-15-7-17(21)2-4-19(15)22/h2-11,25H,12H2,1H3. The van der Waals surface area contributed by atoms with E-state index in [9.17, 15) is 17.2 Å². The normalized spacial score (nSPS) is 11.7. The third kappa shape index (κ3) is 4.24. The fourth-order valence-corrected chi connectivity index (χ4v) is 4.19. The summed E-state index contributed by atoms with van der Waals surface area (Å²) >= 11 is 0. The van der Waals surface area contributed by atoms with Crippen LogP contribution in [-0.2, 0) is 22.8 Å². The molecule has 2 aromatic carbocycles. The van der Waals surface area contributed by atoms with Gasteiger partial charge in [-0.2, -0.15) is 5.10 Å². The van der Waals surface area contributed by atoms with Crippen LogP contribution in [0.25, 0.3) is 22.0 Å². The van der Waals surface area contributed by atoms with Crippen LogP contribution in [0.3, 0.4) is 0 Å². The molecule has 0 saturated heterocycles. The molecule has 4 rings (SSSR count). The number of hydrogen-bond donors (Lipinski definition) is 1. The Bertz CT molecular complexity index is 1320. The molecule has 0 aliphatic heterocycles. The molecule has 2 heterocycles. The van der Waals surface area contributed by atoms with Gasteiger partial charge in [0.15, 0.2) is 0 Å². The molecule has 0 bridgehead atoms. The van der Waals surface area contributed by atoms with E-state index in [0.717, 1.165) is 34.7 Å². The largest absolute Gasteiger partial charge is 0.283 e. The Kier molecular flexibility index (Phi) is 4.75. The van der Waals surface area contributed by atoms with Crippen molar-refractivity contribution >= 4 is 26.6 Å². The van der Waals surface area contributed by atoms with Gasteiger partial charge < -0.3 is 0 Å². The molecule has 0 amide bonds. The van der Waals surface area contributed by atoms with Crippen LogP contribution in [0.1, 0.15) is 5.56 Å². The van der Waals surface area contributed by atoms with Crippen LogP contribution < -0.4 is 4.72 Å². The molecule has 148 valence electrons. The van der Waals surface area contributed by atoms with Crippen molar-refractivity contribution < 1.29 is 17.2 Å². The Morgan fingerprint density at radius 2 is 1.86 bits per heavy atom. The second-order valence-corrected chi connectivity index (χ2v) is 8.35. The first-order valence-corrected chi connectivity index (χ1v) is 10.3. The smallest absolute Gasteiger partial charge is 0.237 e. The van der Waals surface area contributed by atoms with Crippen LogP contribution in [0.5, 0.6) is 0 Å². The minimum Gasteiger partial charge on any atom is -0.283 e. The molecule has 6 nitrogen and oxygen atoms in total. The van der Waals surface area contributed by atoms with E-state index in [-0.39, 0.29) is 5.56 Å². The quantitative estimate of drug-likeness (QED) is 0.538. The van der Waals surface area contributed by atoms with Crippen molar-refractivity contribution in [2.75, 3.05) is 4.72 Å². The third-order valence-corrected chi connectivity index (χ3v) is 5.58. The molecule has 9 heteroatoms. The van der Waals surface area contributed by atoms with Crippen LogP contribution in [0.4, 0.5) is 14.5 Å². The zero-order valence-corrected chi connectivity index (χ0v) is 16.1. The van der Waals surface area contributed by atoms with Crippen molar-refractivity contribution in [2.45, 2.75) is 5.75 Å². The van der Waals surface area contributed by atoms with E-state index in [1.54, 1.807) is 35.3 Å². The maximum absolute atomic E-state index is 13.8. The first-order chi connectivity index (χ1) is 13.8. The highest BCUT2D eigenvalue weighted by atomic mass is 32.2. The molecule has 0 atom stereocenters. The van der Waals surface area contributed by atoms with Crippen molar-refractivity contribution in [3.05, 3.63) is 78.3 Å². The molecule has 2 aromatic heterocycles. The lowest BCUT2D eigenvalue weighted by Crippen LogP contribution is -2.16. The maximum Gasteiger partial charge on any atom is 0.237 e. The number of halogens is 2. The number of aryl methyl sites for hydroxylation is 1. The van der Waals surface area contributed by atoms with Gasteiger partial charge in [-0.05, 0) is 42.5 Å². The van der Waals surface area contributed by atoms with Crippen LogP contribution >= 0.6 is 0 Å². The molecular weight excluding hydrogens is 398 g/mol. The number of rotatable bonds is 5. The highest BCUT2D eigenvalue weighted by Crippen LogP contribution is 2.25. The summed E-state index contributed by atoms with van der Waals surface area (Å²) in [4.78, 5) is 4.39. The second-order valence-electron chi connectivity index (χ2n) is 6.63. The Labute approximate surface area is 165 Å². The number of hydrogen-bond acceptors (Lipinski definition) is 4. The van der Waals surface area contributed by atoms with Crippen molar-refractivity contribution in [3.63, 3.8) is 0 Å². The Morgan fingerprint density at radius 3 is 2.62 bits per heavy atom. The van der Waals surface area contributed by atoms with Gasteiger partial charge in [-0.1, -0.05) is 0 Å². The summed E-state index contributed by atoms with van der Waals surface area (Å²) in [6, 6.07) is 9.49. The van der Waals surface area contributed by atoms with Crippen LogP contribution in [0, 0.1) is 11.6 Å². The van der Waals surface area contributed by atoms with Gasteiger partial charge >= 0.3 is 0 Å². The number of fused-ring (bicyclic) bond motifs is 1. The zero-order chi connectivity index (χ0) is 20.6. The molecule has 0 saturated carbocycles. The number of anilines is 1. The van der Waals surface area contributed by atoms with Gasteiger partial charge in [0, 0.05) is 47.2 Å². The summed E-state index contributed by atoms with van der Waals surface area (Å²) in [7, 11) is -2.13. The number of benzene rings is 2. The lowest BCUT2D eigenvalue weighted by Gasteiger charge is -2.10. The van der Waals surface area contributed by atoms with Crippen molar-refractivity contribution in [1.82, 2.24) is 14.8 Å². The van der Waals surface area contributed by atoms with E-state index < -0.39 is 27.4 Å². The van der Waals surface area contributed by atoms with E-state index in [4.69, 9.17) is 0 Å². The fraction of sp³-hybridized carbons (Fsp3) is 0.100. The van der Waals surface area contributed by atoms with E-state index >= 15 is 0 Å². The Hall–Kier alpha value is -3.33. The Balaban J connectivity index is 1.62. The molecule has 0 unspecified atom stereocenters. The number of pyridine rings is 1. The third-order valence-electron chi connectivity index (χ3n) is 4.35. The van der Waals surface area contributed by atoms with Crippen LogP contribution in [0.15, 0.2) is 61.1 Å². The van der Waals surface area contributed by atoms with E-state index in [1.165, 1.54) is 0 Å². The zero-order valence-electron chi connectivity index (χ0n) is 15.3. The summed E-state index contributed by atoms with van der Waals surface area (Å²) in [6.45, 7) is 0. The number of nitrogens with zero attached hydrogens (tertiary/aromatic N) is 3. The number of sulfonamides is 1. The average Bonchev–Trinajstić information content (AvgIpc) is 3.10. The first-order valence-electron chi connectivity index (χ1n) is 8.62. The predicted octanol–water partition coefficient (Wildman–Crippen LogP) is 3.86. The molecule has 0 aliphatic rings. The number of aromatic nitrogens is 3. The second kappa shape index (κ2) is 7.25. The van der Waals surface area contributed by atoms with Crippen molar-refractivity contribution in [1.29, 1.82) is 0 Å². The summed E-state index contributed by atoms with van der Waals surface area (Å²) < 4.78 is 56.0. The lowest BCUT2D eigenvalue weighted by atomic mass is 10.1. The summed E-state index contributed by atoms with van der Waals surface area (Å²) in [6.07, 6.45) is 5.28. The van der Waals surface area contributed by atoms with Crippen LogP contribution in [0.2, 0.25) is 0 Å². The molecule has 0 aliphatic carbocycles. The SMILES string of the molecule is Cn1cc(-c2cnc3ccc(NS(=O)(=O)Cc4cc(F)ccc4F)cc3c2)cn1. The molecule has 0 radical (unpaired) electrons. The summed E-state index contributed by atoms with van der Waals surface area (Å²) in [5.74, 6) is -2.15. The minimum atomic E-state index is -3.94. The number of nitrogens with one attached hydrogen (secondary N) is 1. The van der Waals surface area contributed by atoms with E-state index in [0.29, 0.717) is 11.2 Å². The predicted molar refractivity (Wildman–Crippen MR) is 107 cm³/mol. The van der Waals surface area contributed by atoms with Gasteiger partial charge in [-0.15, -0.1) is 0 Å². The van der Waals surface area contributed by atoms with Gasteiger partial charge in [-0.25, -0.2) is 17.2 Å². The van der Waals surface area contributed by atoms with Crippen molar-refractivity contribution in [2.24, 2.45) is 7.05 Å². The molecular formula is C20H16F2N4O2S. The molecule has 0 spiro atoms. The van der Waals surface area contributed by atoms with Gasteiger partial charge in [-0.3, -0.25) is 14.4 Å². The molecule has 0 fully saturated rings. The highest BCUT2D eigenvalue weighted by molar-refractivity contribution is 7.91. The Morgan fingerprint density at radius 1 is 1.03 bits per heavy atom. The van der Waals surface area contributed by atoms with Gasteiger partial charge in [0.25, 0.3) is 0 Å². The van der Waals surface area contributed by atoms with Crippen LogP contribution in [-0.4, -0.2) is 23.2 Å². The summed E-state index contributed by atoms with van der Waals surface area (Å²) in [5, 5.41) is 4.86. The topological polar surface area (TPSA) is 76.9 Å². The van der Waals surface area contributed by atoms with Gasteiger partial charge in [0.2, 0.25) is 10.0 Å². The minimum absolute atomic E-state index is 0.237. The van der Waals surface area contributed by atoms with E-state index in [1.807, 2.05) is 19.3 Å². The summed E-state index contributed by atoms with van der Waals surface area (Å²) in [5.41, 5.74) is 2.48. The highest BCUT2D eigenvalue weighted by Gasteiger charge is 2.16. The van der Waals surface area contributed by atoms with Gasteiger partial charge in [0.1, 0.15) is 11.6 Å². The fourth-order valence-electron chi connectivity index (χ4n) is 3.00. The molecule has 1 N–H and O–H groups in total. The van der Waals surface area contributed by atoms with Gasteiger partial charge in [0.05, 0.1) is 17.5 Å².